The van der Waals surface area contributed by atoms with E-state index < -0.39 is 0 Å². The summed E-state index contributed by atoms with van der Waals surface area (Å²) in [5.74, 6) is 0. The highest BCUT2D eigenvalue weighted by Crippen LogP contribution is 2.02. The quantitative estimate of drug-likeness (QED) is 0.492. The predicted molar refractivity (Wildman–Crippen MR) is 39.0 cm³/mol. The fourth-order valence-electron chi connectivity index (χ4n) is 0.845. The standard InChI is InChI=1S/C8H16/c1-4-6-8(3)7-5-2/h6H,4-5,7H2,1-3H3/b8-6+. The molecule has 0 aromatic heterocycles. The van der Waals surface area contributed by atoms with E-state index in [1.54, 1.807) is 0 Å². The lowest BCUT2D eigenvalue weighted by Crippen LogP contribution is -1.72. The molecule has 0 aromatic carbocycles. The molecule has 0 aromatic rings. The Kier molecular flexibility index (Phi) is 4.73. The summed E-state index contributed by atoms with van der Waals surface area (Å²) in [6.45, 7) is 6.60. The Labute approximate surface area is 52.6 Å². The molecule has 0 saturated heterocycles. The van der Waals surface area contributed by atoms with Crippen molar-refractivity contribution < 1.29 is 0 Å². The fraction of sp³-hybridized carbons (Fsp3) is 0.750. The molecule has 0 spiro atoms. The van der Waals surface area contributed by atoms with Gasteiger partial charge in [0, 0.05) is 0 Å². The van der Waals surface area contributed by atoms with Crippen molar-refractivity contribution >= 4 is 0 Å². The molecule has 0 heterocycles. The number of hydrogen-bond donors (Lipinski definition) is 0. The highest BCUT2D eigenvalue weighted by atomic mass is 13.9. The Bertz CT molecular complexity index is 70.1. The number of hydrogen-bond acceptors (Lipinski definition) is 0. The Morgan fingerprint density at radius 1 is 1.38 bits per heavy atom. The van der Waals surface area contributed by atoms with E-state index in [9.17, 15) is 0 Å². The number of allylic oxidation sites excluding steroid dienone is 2. The summed E-state index contributed by atoms with van der Waals surface area (Å²) >= 11 is 0. The van der Waals surface area contributed by atoms with Crippen LogP contribution in [-0.4, -0.2) is 0 Å². The van der Waals surface area contributed by atoms with E-state index in [-0.39, 0.29) is 0 Å². The molecule has 0 radical (unpaired) electrons. The summed E-state index contributed by atoms with van der Waals surface area (Å²) in [6, 6.07) is 0. The van der Waals surface area contributed by atoms with Gasteiger partial charge in [-0.3, -0.25) is 0 Å². The highest BCUT2D eigenvalue weighted by molar-refractivity contribution is 4.96. The molecule has 0 aliphatic carbocycles. The van der Waals surface area contributed by atoms with Crippen molar-refractivity contribution in [1.82, 2.24) is 0 Å². The van der Waals surface area contributed by atoms with Crippen molar-refractivity contribution in [2.45, 2.75) is 40.0 Å². The largest absolute Gasteiger partial charge is 0.0859 e. The summed E-state index contributed by atoms with van der Waals surface area (Å²) < 4.78 is 0. The first kappa shape index (κ1) is 7.74. The molecular weight excluding hydrogens is 96.1 g/mol. The predicted octanol–water partition coefficient (Wildman–Crippen LogP) is 3.14. The monoisotopic (exact) mass is 112 g/mol. The second-order valence-corrected chi connectivity index (χ2v) is 2.21. The second kappa shape index (κ2) is 4.89. The van der Waals surface area contributed by atoms with Crippen LogP contribution >= 0.6 is 0 Å². The second-order valence-electron chi connectivity index (χ2n) is 2.21. The minimum Gasteiger partial charge on any atom is -0.0859 e. The molecule has 8 heavy (non-hydrogen) atoms. The van der Waals surface area contributed by atoms with E-state index in [0.717, 1.165) is 0 Å². The summed E-state index contributed by atoms with van der Waals surface area (Å²) in [5, 5.41) is 0. The van der Waals surface area contributed by atoms with Crippen LogP contribution in [0.25, 0.3) is 0 Å². The molecule has 0 saturated carbocycles. The van der Waals surface area contributed by atoms with E-state index in [4.69, 9.17) is 0 Å². The van der Waals surface area contributed by atoms with E-state index in [1.165, 1.54) is 24.8 Å². The van der Waals surface area contributed by atoms with E-state index in [0.29, 0.717) is 0 Å². The Morgan fingerprint density at radius 3 is 2.38 bits per heavy atom. The van der Waals surface area contributed by atoms with Gasteiger partial charge in [-0.2, -0.15) is 0 Å². The Balaban J connectivity index is 3.29. The lowest BCUT2D eigenvalue weighted by molar-refractivity contribution is 0.896. The van der Waals surface area contributed by atoms with E-state index in [2.05, 4.69) is 26.8 Å². The Hall–Kier alpha value is -0.260. The number of rotatable bonds is 3. The van der Waals surface area contributed by atoms with Gasteiger partial charge in [-0.1, -0.05) is 31.9 Å². The van der Waals surface area contributed by atoms with Crippen molar-refractivity contribution in [3.8, 4) is 0 Å². The molecule has 0 heteroatoms. The van der Waals surface area contributed by atoms with Crippen LogP contribution in [0.2, 0.25) is 0 Å². The van der Waals surface area contributed by atoms with Gasteiger partial charge in [-0.15, -0.1) is 0 Å². The molecule has 0 fully saturated rings. The van der Waals surface area contributed by atoms with Gasteiger partial charge >= 0.3 is 0 Å². The first-order valence-electron chi connectivity index (χ1n) is 3.46. The molecular formula is C8H16. The summed E-state index contributed by atoms with van der Waals surface area (Å²) in [6.07, 6.45) is 6.03. The molecule has 0 bridgehead atoms. The van der Waals surface area contributed by atoms with Crippen LogP contribution in [0, 0.1) is 0 Å². The first-order chi connectivity index (χ1) is 3.81. The van der Waals surface area contributed by atoms with E-state index >= 15 is 0 Å². The summed E-state index contributed by atoms with van der Waals surface area (Å²) in [4.78, 5) is 0. The SMILES string of the molecule is CC/C=C(\C)CCC. The van der Waals surface area contributed by atoms with Gasteiger partial charge < -0.3 is 0 Å². The zero-order chi connectivity index (χ0) is 6.41. The minimum absolute atomic E-state index is 1.19. The van der Waals surface area contributed by atoms with Crippen molar-refractivity contribution in [3.63, 3.8) is 0 Å². The van der Waals surface area contributed by atoms with Gasteiger partial charge in [0.1, 0.15) is 0 Å². The molecule has 0 amide bonds. The van der Waals surface area contributed by atoms with Crippen molar-refractivity contribution in [3.05, 3.63) is 11.6 Å². The third-order valence-corrected chi connectivity index (χ3v) is 1.20. The maximum absolute atomic E-state index is 2.30. The third-order valence-electron chi connectivity index (χ3n) is 1.20. The van der Waals surface area contributed by atoms with Crippen LogP contribution in [0.1, 0.15) is 40.0 Å². The smallest absolute Gasteiger partial charge is 0.0326 e. The molecule has 0 aliphatic rings. The highest BCUT2D eigenvalue weighted by Gasteiger charge is 1.82. The van der Waals surface area contributed by atoms with Crippen molar-refractivity contribution in [2.24, 2.45) is 0 Å². The normalized spacial score (nSPS) is 12.1. The molecule has 0 nitrogen and oxygen atoms in total. The van der Waals surface area contributed by atoms with Gasteiger partial charge in [-0.05, 0) is 19.8 Å². The van der Waals surface area contributed by atoms with Gasteiger partial charge in [0.2, 0.25) is 0 Å². The van der Waals surface area contributed by atoms with Crippen LogP contribution in [0.4, 0.5) is 0 Å². The zero-order valence-electron chi connectivity index (χ0n) is 6.20. The topological polar surface area (TPSA) is 0 Å². The zero-order valence-corrected chi connectivity index (χ0v) is 6.20. The lowest BCUT2D eigenvalue weighted by Gasteiger charge is -1.93. The molecule has 0 unspecified atom stereocenters. The van der Waals surface area contributed by atoms with Gasteiger partial charge in [0.15, 0.2) is 0 Å². The molecule has 0 aliphatic heterocycles. The Morgan fingerprint density at radius 2 is 2.00 bits per heavy atom. The lowest BCUT2D eigenvalue weighted by atomic mass is 10.1. The van der Waals surface area contributed by atoms with Crippen molar-refractivity contribution in [2.75, 3.05) is 0 Å². The van der Waals surface area contributed by atoms with Crippen molar-refractivity contribution in [1.29, 1.82) is 0 Å². The maximum Gasteiger partial charge on any atom is -0.0326 e. The molecule has 0 rings (SSSR count). The van der Waals surface area contributed by atoms with Crippen LogP contribution < -0.4 is 0 Å². The molecule has 48 valence electrons. The first-order valence-corrected chi connectivity index (χ1v) is 3.46. The van der Waals surface area contributed by atoms with Gasteiger partial charge in [0.05, 0.1) is 0 Å². The summed E-state index contributed by atoms with van der Waals surface area (Å²) in [5.41, 5.74) is 1.54. The van der Waals surface area contributed by atoms with Crippen LogP contribution in [0.3, 0.4) is 0 Å². The molecule has 0 N–H and O–H groups in total. The average Bonchev–Trinajstić information content (AvgIpc) is 1.68. The fourth-order valence-corrected chi connectivity index (χ4v) is 0.845. The van der Waals surface area contributed by atoms with Gasteiger partial charge in [0.25, 0.3) is 0 Å². The third kappa shape index (κ3) is 3.91. The average molecular weight is 112 g/mol. The van der Waals surface area contributed by atoms with Crippen LogP contribution in [0.5, 0.6) is 0 Å². The van der Waals surface area contributed by atoms with Crippen LogP contribution in [0.15, 0.2) is 11.6 Å². The maximum atomic E-state index is 2.30. The molecule has 0 atom stereocenters. The van der Waals surface area contributed by atoms with E-state index in [1.807, 2.05) is 0 Å². The van der Waals surface area contributed by atoms with Gasteiger partial charge in [-0.25, -0.2) is 0 Å². The summed E-state index contributed by atoms with van der Waals surface area (Å²) in [7, 11) is 0. The minimum atomic E-state index is 1.19. The van der Waals surface area contributed by atoms with Crippen LogP contribution in [-0.2, 0) is 0 Å².